The molecule has 1 unspecified atom stereocenters. The van der Waals surface area contributed by atoms with Crippen LogP contribution in [0.15, 0.2) is 18.2 Å². The zero-order valence-electron chi connectivity index (χ0n) is 10.7. The predicted molar refractivity (Wildman–Crippen MR) is 68.8 cm³/mol. The Hall–Kier alpha value is -1.78. The van der Waals surface area contributed by atoms with Gasteiger partial charge in [-0.15, -0.1) is 0 Å². The number of nitrogens with two attached hydrogens (primary N) is 1. The van der Waals surface area contributed by atoms with Crippen LogP contribution in [0.2, 0.25) is 0 Å². The molecule has 3 N–H and O–H groups in total. The average molecular weight is 254 g/mol. The SMILES string of the molecule is CCCC(C)NC(=O)COc1ccc(N)c(F)c1. The van der Waals surface area contributed by atoms with E-state index in [2.05, 4.69) is 12.2 Å². The van der Waals surface area contributed by atoms with Crippen LogP contribution in [0.5, 0.6) is 5.75 Å². The summed E-state index contributed by atoms with van der Waals surface area (Å²) in [6, 6.07) is 4.22. The zero-order valence-corrected chi connectivity index (χ0v) is 10.7. The molecule has 0 aromatic heterocycles. The van der Waals surface area contributed by atoms with E-state index in [-0.39, 0.29) is 24.2 Å². The number of amides is 1. The third kappa shape index (κ3) is 4.61. The van der Waals surface area contributed by atoms with Gasteiger partial charge in [0.15, 0.2) is 6.61 Å². The zero-order chi connectivity index (χ0) is 13.5. The molecule has 0 heterocycles. The number of halogens is 1. The molecule has 1 aromatic rings. The molecule has 0 radical (unpaired) electrons. The molecule has 1 rings (SSSR count). The number of benzene rings is 1. The van der Waals surface area contributed by atoms with Crippen molar-refractivity contribution < 1.29 is 13.9 Å². The van der Waals surface area contributed by atoms with Gasteiger partial charge in [-0.25, -0.2) is 4.39 Å². The molecular weight excluding hydrogens is 235 g/mol. The van der Waals surface area contributed by atoms with Gasteiger partial charge in [-0.3, -0.25) is 4.79 Å². The van der Waals surface area contributed by atoms with E-state index in [4.69, 9.17) is 10.5 Å². The summed E-state index contributed by atoms with van der Waals surface area (Å²) < 4.78 is 18.3. The Kier molecular flexibility index (Phi) is 5.42. The summed E-state index contributed by atoms with van der Waals surface area (Å²) in [5, 5.41) is 2.79. The molecule has 0 bridgehead atoms. The monoisotopic (exact) mass is 254 g/mol. The molecule has 1 aromatic carbocycles. The van der Waals surface area contributed by atoms with Crippen LogP contribution in [0, 0.1) is 5.82 Å². The lowest BCUT2D eigenvalue weighted by atomic mass is 10.2. The van der Waals surface area contributed by atoms with Crippen LogP contribution in [0.25, 0.3) is 0 Å². The van der Waals surface area contributed by atoms with E-state index in [1.807, 2.05) is 6.92 Å². The third-order valence-corrected chi connectivity index (χ3v) is 2.47. The first-order valence-corrected chi connectivity index (χ1v) is 6.00. The van der Waals surface area contributed by atoms with Crippen molar-refractivity contribution in [1.82, 2.24) is 5.32 Å². The number of ether oxygens (including phenoxy) is 1. The molecule has 100 valence electrons. The topological polar surface area (TPSA) is 64.3 Å². The molecule has 0 saturated carbocycles. The Balaban J connectivity index is 2.40. The highest BCUT2D eigenvalue weighted by Crippen LogP contribution is 2.17. The minimum absolute atomic E-state index is 0.0587. The Labute approximate surface area is 106 Å². The van der Waals surface area contributed by atoms with Gasteiger partial charge in [0.05, 0.1) is 5.69 Å². The highest BCUT2D eigenvalue weighted by molar-refractivity contribution is 5.77. The molecule has 0 aliphatic carbocycles. The maximum atomic E-state index is 13.1. The fourth-order valence-electron chi connectivity index (χ4n) is 1.57. The number of hydrogen-bond acceptors (Lipinski definition) is 3. The predicted octanol–water partition coefficient (Wildman–Crippen LogP) is 2.09. The lowest BCUT2D eigenvalue weighted by Crippen LogP contribution is -2.35. The smallest absolute Gasteiger partial charge is 0.258 e. The highest BCUT2D eigenvalue weighted by Gasteiger charge is 2.08. The van der Waals surface area contributed by atoms with Crippen molar-refractivity contribution in [3.05, 3.63) is 24.0 Å². The summed E-state index contributed by atoms with van der Waals surface area (Å²) in [7, 11) is 0. The van der Waals surface area contributed by atoms with E-state index in [0.29, 0.717) is 5.75 Å². The first-order valence-electron chi connectivity index (χ1n) is 6.00. The number of anilines is 1. The molecule has 1 atom stereocenters. The number of carbonyl (C=O) groups excluding carboxylic acids is 1. The third-order valence-electron chi connectivity index (χ3n) is 2.47. The van der Waals surface area contributed by atoms with Crippen molar-refractivity contribution in [2.45, 2.75) is 32.7 Å². The number of nitrogen functional groups attached to an aromatic ring is 1. The first kappa shape index (κ1) is 14.3. The van der Waals surface area contributed by atoms with Gasteiger partial charge >= 0.3 is 0 Å². The van der Waals surface area contributed by atoms with Crippen LogP contribution in [-0.2, 0) is 4.79 Å². The molecule has 1 amide bonds. The molecule has 4 nitrogen and oxygen atoms in total. The van der Waals surface area contributed by atoms with Crippen LogP contribution < -0.4 is 15.8 Å². The molecule has 0 fully saturated rings. The summed E-state index contributed by atoms with van der Waals surface area (Å²) in [5.41, 5.74) is 5.39. The lowest BCUT2D eigenvalue weighted by Gasteiger charge is -2.13. The minimum atomic E-state index is -0.549. The molecule has 5 heteroatoms. The molecule has 0 aliphatic rings. The van der Waals surface area contributed by atoms with Gasteiger partial charge in [-0.05, 0) is 25.5 Å². The van der Waals surface area contributed by atoms with Crippen molar-refractivity contribution in [3.63, 3.8) is 0 Å². The van der Waals surface area contributed by atoms with Gasteiger partial charge in [0.2, 0.25) is 0 Å². The van der Waals surface area contributed by atoms with Gasteiger partial charge in [-0.2, -0.15) is 0 Å². The van der Waals surface area contributed by atoms with Crippen molar-refractivity contribution >= 4 is 11.6 Å². The van der Waals surface area contributed by atoms with Gasteiger partial charge in [0, 0.05) is 12.1 Å². The summed E-state index contributed by atoms with van der Waals surface area (Å²) in [6.07, 6.45) is 1.92. The van der Waals surface area contributed by atoms with Crippen LogP contribution in [-0.4, -0.2) is 18.6 Å². The van der Waals surface area contributed by atoms with Crippen molar-refractivity contribution in [1.29, 1.82) is 0 Å². The maximum absolute atomic E-state index is 13.1. The van der Waals surface area contributed by atoms with Gasteiger partial charge in [0.25, 0.3) is 5.91 Å². The Morgan fingerprint density at radius 3 is 2.89 bits per heavy atom. The fraction of sp³-hybridized carbons (Fsp3) is 0.462. The molecule has 18 heavy (non-hydrogen) atoms. The Morgan fingerprint density at radius 2 is 2.28 bits per heavy atom. The highest BCUT2D eigenvalue weighted by atomic mass is 19.1. The molecule has 0 aliphatic heterocycles. The first-order chi connectivity index (χ1) is 8.52. The van der Waals surface area contributed by atoms with Crippen molar-refractivity contribution in [2.24, 2.45) is 0 Å². The minimum Gasteiger partial charge on any atom is -0.484 e. The summed E-state index contributed by atoms with van der Waals surface area (Å²) in [6.45, 7) is 3.86. The second-order valence-corrected chi connectivity index (χ2v) is 4.23. The Bertz CT molecular complexity index is 410. The standard InChI is InChI=1S/C13H19FN2O2/c1-3-4-9(2)16-13(17)8-18-10-5-6-12(15)11(14)7-10/h5-7,9H,3-4,8,15H2,1-2H3,(H,16,17). The van der Waals surface area contributed by atoms with Gasteiger partial charge < -0.3 is 15.8 Å². The second-order valence-electron chi connectivity index (χ2n) is 4.23. The van der Waals surface area contributed by atoms with E-state index in [1.165, 1.54) is 12.1 Å². The number of carbonyl (C=O) groups is 1. The van der Waals surface area contributed by atoms with E-state index in [1.54, 1.807) is 0 Å². The molecule has 0 spiro atoms. The lowest BCUT2D eigenvalue weighted by molar-refractivity contribution is -0.123. The summed E-state index contributed by atoms with van der Waals surface area (Å²) in [5.74, 6) is -0.472. The number of hydrogen-bond donors (Lipinski definition) is 2. The van der Waals surface area contributed by atoms with E-state index in [0.717, 1.165) is 18.9 Å². The van der Waals surface area contributed by atoms with E-state index < -0.39 is 5.82 Å². The van der Waals surface area contributed by atoms with Crippen LogP contribution in [0.1, 0.15) is 26.7 Å². The van der Waals surface area contributed by atoms with Crippen LogP contribution in [0.4, 0.5) is 10.1 Å². The summed E-state index contributed by atoms with van der Waals surface area (Å²) >= 11 is 0. The van der Waals surface area contributed by atoms with E-state index in [9.17, 15) is 9.18 Å². The average Bonchev–Trinajstić information content (AvgIpc) is 2.31. The van der Waals surface area contributed by atoms with Crippen LogP contribution >= 0.6 is 0 Å². The normalized spacial score (nSPS) is 11.9. The number of rotatable bonds is 6. The Morgan fingerprint density at radius 1 is 1.56 bits per heavy atom. The van der Waals surface area contributed by atoms with Gasteiger partial charge in [-0.1, -0.05) is 13.3 Å². The fourth-order valence-corrected chi connectivity index (χ4v) is 1.57. The van der Waals surface area contributed by atoms with E-state index >= 15 is 0 Å². The second kappa shape index (κ2) is 6.83. The largest absolute Gasteiger partial charge is 0.484 e. The molecule has 0 saturated heterocycles. The number of nitrogens with one attached hydrogen (secondary N) is 1. The molecular formula is C13H19FN2O2. The maximum Gasteiger partial charge on any atom is 0.258 e. The van der Waals surface area contributed by atoms with Gasteiger partial charge in [0.1, 0.15) is 11.6 Å². The quantitative estimate of drug-likeness (QED) is 0.764. The van der Waals surface area contributed by atoms with Crippen LogP contribution in [0.3, 0.4) is 0 Å². The van der Waals surface area contributed by atoms with Crippen molar-refractivity contribution in [3.8, 4) is 5.75 Å². The summed E-state index contributed by atoms with van der Waals surface area (Å²) in [4.78, 5) is 11.5. The van der Waals surface area contributed by atoms with Crippen molar-refractivity contribution in [2.75, 3.05) is 12.3 Å².